The second-order valence-electron chi connectivity index (χ2n) is 7.82. The predicted molar refractivity (Wildman–Crippen MR) is 120 cm³/mol. The summed E-state index contributed by atoms with van der Waals surface area (Å²) < 4.78 is 22.8. The molecule has 1 atom stereocenters. The van der Waals surface area contributed by atoms with Crippen molar-refractivity contribution in [3.05, 3.63) is 76.1 Å². The lowest BCUT2D eigenvalue weighted by molar-refractivity contribution is 0.0953. The summed E-state index contributed by atoms with van der Waals surface area (Å²) in [6.07, 6.45) is 3.83. The molecule has 1 fully saturated rings. The van der Waals surface area contributed by atoms with Gasteiger partial charge >= 0.3 is 0 Å². The molecule has 7 nitrogen and oxygen atoms in total. The number of thioether (sulfide) groups is 1. The number of rotatable bonds is 6. The Morgan fingerprint density at radius 3 is 2.84 bits per heavy atom. The zero-order chi connectivity index (χ0) is 22.1. The molecular formula is C23H22FN5O2S. The molecule has 3 aromatic heterocycles. The number of aromatic nitrogens is 5. The van der Waals surface area contributed by atoms with E-state index < -0.39 is 0 Å². The minimum atomic E-state index is -0.294. The minimum absolute atomic E-state index is 0.0932. The molecule has 9 heteroatoms. The van der Waals surface area contributed by atoms with Crippen molar-refractivity contribution in [3.8, 4) is 11.4 Å². The predicted octanol–water partition coefficient (Wildman–Crippen LogP) is 3.87. The number of nitrogens with zero attached hydrogens (tertiary/aromatic N) is 5. The molecule has 0 N–H and O–H groups in total. The van der Waals surface area contributed by atoms with E-state index in [4.69, 9.17) is 4.74 Å². The third-order valence-electron chi connectivity index (χ3n) is 5.52. The van der Waals surface area contributed by atoms with Crippen molar-refractivity contribution in [2.45, 2.75) is 43.3 Å². The van der Waals surface area contributed by atoms with Gasteiger partial charge in [-0.25, -0.2) is 9.37 Å². The van der Waals surface area contributed by atoms with Crippen molar-refractivity contribution in [2.75, 3.05) is 6.61 Å². The van der Waals surface area contributed by atoms with Crippen LogP contribution in [-0.4, -0.2) is 36.9 Å². The summed E-state index contributed by atoms with van der Waals surface area (Å²) in [5.41, 5.74) is 2.97. The van der Waals surface area contributed by atoms with Gasteiger partial charge in [-0.15, -0.1) is 10.2 Å². The SMILES string of the molecule is Cc1cccn2c(=O)cc(CSc3nnc(-c4ccc(F)cc4)n3C[C@@H]3CCCO3)nc12. The number of aryl methyl sites for hydroxylation is 1. The van der Waals surface area contributed by atoms with Crippen LogP contribution in [0.2, 0.25) is 0 Å². The number of fused-ring (bicyclic) bond motifs is 1. The van der Waals surface area contributed by atoms with Gasteiger partial charge in [-0.2, -0.15) is 0 Å². The average molecular weight is 452 g/mol. The maximum absolute atomic E-state index is 13.4. The van der Waals surface area contributed by atoms with Gasteiger partial charge in [0.15, 0.2) is 11.0 Å². The van der Waals surface area contributed by atoms with Gasteiger partial charge in [0.2, 0.25) is 0 Å². The molecular weight excluding hydrogens is 429 g/mol. The molecule has 4 heterocycles. The van der Waals surface area contributed by atoms with Gasteiger partial charge in [0.25, 0.3) is 5.56 Å². The van der Waals surface area contributed by atoms with Gasteiger partial charge in [0.05, 0.1) is 18.3 Å². The number of pyridine rings is 1. The molecule has 0 amide bonds. The topological polar surface area (TPSA) is 74.3 Å². The van der Waals surface area contributed by atoms with E-state index in [0.717, 1.165) is 30.6 Å². The summed E-state index contributed by atoms with van der Waals surface area (Å²) in [4.78, 5) is 17.2. The first-order chi connectivity index (χ1) is 15.6. The standard InChI is InChI=1S/C23H22FN5O2S/c1-15-4-2-10-28-20(30)12-18(25-21(15)28)14-32-23-27-26-22(16-6-8-17(24)9-7-16)29(23)13-19-5-3-11-31-19/h2,4,6-10,12,19H,3,5,11,13-14H2,1H3/t19-/m0/s1. The molecule has 1 aliphatic heterocycles. The highest BCUT2D eigenvalue weighted by atomic mass is 32.2. The maximum atomic E-state index is 13.4. The van der Waals surface area contributed by atoms with Gasteiger partial charge in [-0.1, -0.05) is 17.8 Å². The van der Waals surface area contributed by atoms with Gasteiger partial charge in [0, 0.05) is 30.2 Å². The fraction of sp³-hybridized carbons (Fsp3) is 0.304. The first-order valence-corrected chi connectivity index (χ1v) is 11.5. The molecule has 0 aliphatic carbocycles. The van der Waals surface area contributed by atoms with Crippen LogP contribution < -0.4 is 5.56 Å². The Kier molecular flexibility index (Phi) is 5.75. The van der Waals surface area contributed by atoms with Gasteiger partial charge in [-0.05, 0) is 55.7 Å². The van der Waals surface area contributed by atoms with E-state index in [-0.39, 0.29) is 17.5 Å². The minimum Gasteiger partial charge on any atom is -0.376 e. The molecule has 0 spiro atoms. The smallest absolute Gasteiger partial charge is 0.258 e. The Labute approximate surface area is 188 Å². The Hall–Kier alpha value is -3.04. The zero-order valence-electron chi connectivity index (χ0n) is 17.6. The van der Waals surface area contributed by atoms with E-state index in [9.17, 15) is 9.18 Å². The quantitative estimate of drug-likeness (QED) is 0.414. The molecule has 0 saturated carbocycles. The molecule has 4 aromatic rings. The molecule has 1 saturated heterocycles. The zero-order valence-corrected chi connectivity index (χ0v) is 18.4. The summed E-state index contributed by atoms with van der Waals surface area (Å²) in [5.74, 6) is 0.857. The fourth-order valence-electron chi connectivity index (χ4n) is 3.89. The van der Waals surface area contributed by atoms with Crippen molar-refractivity contribution in [1.82, 2.24) is 24.1 Å². The second-order valence-corrected chi connectivity index (χ2v) is 8.76. The molecule has 32 heavy (non-hydrogen) atoms. The van der Waals surface area contributed by atoms with E-state index in [0.29, 0.717) is 34.6 Å². The van der Waals surface area contributed by atoms with Crippen LogP contribution in [0, 0.1) is 12.7 Å². The Balaban J connectivity index is 1.45. The van der Waals surface area contributed by atoms with E-state index in [2.05, 4.69) is 15.2 Å². The monoisotopic (exact) mass is 451 g/mol. The van der Waals surface area contributed by atoms with Crippen LogP contribution in [0.25, 0.3) is 17.0 Å². The third kappa shape index (κ3) is 4.18. The second kappa shape index (κ2) is 8.84. The average Bonchev–Trinajstić information content (AvgIpc) is 3.44. The molecule has 0 unspecified atom stereocenters. The summed E-state index contributed by atoms with van der Waals surface area (Å²) in [6.45, 7) is 3.31. The highest BCUT2D eigenvalue weighted by Crippen LogP contribution is 2.28. The van der Waals surface area contributed by atoms with E-state index in [1.54, 1.807) is 28.8 Å². The lowest BCUT2D eigenvalue weighted by Gasteiger charge is -2.14. The summed E-state index contributed by atoms with van der Waals surface area (Å²) in [5, 5.41) is 9.48. The number of benzene rings is 1. The van der Waals surface area contributed by atoms with Crippen molar-refractivity contribution in [1.29, 1.82) is 0 Å². The normalized spacial score (nSPS) is 16.1. The lowest BCUT2D eigenvalue weighted by Crippen LogP contribution is -2.17. The van der Waals surface area contributed by atoms with Crippen LogP contribution in [0.5, 0.6) is 0 Å². The molecule has 0 bridgehead atoms. The van der Waals surface area contributed by atoms with Gasteiger partial charge in [0.1, 0.15) is 11.5 Å². The maximum Gasteiger partial charge on any atom is 0.258 e. The van der Waals surface area contributed by atoms with Crippen LogP contribution in [0.1, 0.15) is 24.1 Å². The molecule has 1 aromatic carbocycles. The van der Waals surface area contributed by atoms with E-state index >= 15 is 0 Å². The third-order valence-corrected chi connectivity index (χ3v) is 6.52. The van der Waals surface area contributed by atoms with Crippen LogP contribution in [0.3, 0.4) is 0 Å². The van der Waals surface area contributed by atoms with Crippen molar-refractivity contribution in [2.24, 2.45) is 0 Å². The number of hydrogen-bond acceptors (Lipinski definition) is 6. The lowest BCUT2D eigenvalue weighted by atomic mass is 10.2. The number of halogens is 1. The molecule has 5 rings (SSSR count). The summed E-state index contributed by atoms with van der Waals surface area (Å²) in [6, 6.07) is 11.6. The first-order valence-electron chi connectivity index (χ1n) is 10.5. The Morgan fingerprint density at radius 2 is 2.06 bits per heavy atom. The Morgan fingerprint density at radius 1 is 1.22 bits per heavy atom. The van der Waals surface area contributed by atoms with E-state index in [1.807, 2.05) is 23.6 Å². The van der Waals surface area contributed by atoms with Crippen LogP contribution >= 0.6 is 11.8 Å². The fourth-order valence-corrected chi connectivity index (χ4v) is 4.73. The van der Waals surface area contributed by atoms with Crippen molar-refractivity contribution in [3.63, 3.8) is 0 Å². The van der Waals surface area contributed by atoms with Crippen molar-refractivity contribution >= 4 is 17.4 Å². The van der Waals surface area contributed by atoms with Gasteiger partial charge < -0.3 is 4.74 Å². The highest BCUT2D eigenvalue weighted by Gasteiger charge is 2.22. The molecule has 164 valence electrons. The summed E-state index contributed by atoms with van der Waals surface area (Å²) >= 11 is 1.47. The van der Waals surface area contributed by atoms with Crippen molar-refractivity contribution < 1.29 is 9.13 Å². The summed E-state index contributed by atoms with van der Waals surface area (Å²) in [7, 11) is 0. The largest absolute Gasteiger partial charge is 0.376 e. The Bertz CT molecular complexity index is 1310. The van der Waals surface area contributed by atoms with Crippen LogP contribution in [0.15, 0.2) is 58.6 Å². The van der Waals surface area contributed by atoms with Gasteiger partial charge in [-0.3, -0.25) is 13.8 Å². The highest BCUT2D eigenvalue weighted by molar-refractivity contribution is 7.98. The first kappa shape index (κ1) is 20.8. The van der Waals surface area contributed by atoms with E-state index in [1.165, 1.54) is 23.9 Å². The van der Waals surface area contributed by atoms with Crippen LogP contribution in [0.4, 0.5) is 4.39 Å². The molecule has 1 aliphatic rings. The molecule has 0 radical (unpaired) electrons. The number of hydrogen-bond donors (Lipinski definition) is 0. The van der Waals surface area contributed by atoms with Crippen LogP contribution in [-0.2, 0) is 17.0 Å². The number of ether oxygens (including phenoxy) is 1.